The maximum Gasteiger partial charge on any atom is 0.178 e. The molecule has 0 saturated heterocycles. The molecule has 1 unspecified atom stereocenters. The Balaban J connectivity index is 2.78. The van der Waals surface area contributed by atoms with E-state index in [1.165, 1.54) is 0 Å². The zero-order valence-corrected chi connectivity index (χ0v) is 6.15. The Kier molecular flexibility index (Phi) is 2.01. The Labute approximate surface area is 59.5 Å². The summed E-state index contributed by atoms with van der Waals surface area (Å²) in [6, 6.07) is 0. The van der Waals surface area contributed by atoms with E-state index in [4.69, 9.17) is 5.11 Å². The van der Waals surface area contributed by atoms with Gasteiger partial charge >= 0.3 is 0 Å². The summed E-state index contributed by atoms with van der Waals surface area (Å²) in [4.78, 5) is 3.89. The number of aromatic nitrogens is 3. The van der Waals surface area contributed by atoms with E-state index in [9.17, 15) is 0 Å². The molecule has 0 bridgehead atoms. The first-order valence-electron chi connectivity index (χ1n) is 3.31. The van der Waals surface area contributed by atoms with Crippen LogP contribution in [0, 0.1) is 0 Å². The van der Waals surface area contributed by atoms with Crippen LogP contribution in [-0.2, 0) is 6.54 Å². The molecular formula is C6H11N3O. The highest BCUT2D eigenvalue weighted by Gasteiger charge is 2.04. The lowest BCUT2D eigenvalue weighted by atomic mass is 10.4. The van der Waals surface area contributed by atoms with Crippen molar-refractivity contribution in [3.05, 3.63) is 12.2 Å². The molecule has 1 aromatic heterocycles. The van der Waals surface area contributed by atoms with Gasteiger partial charge < -0.3 is 5.11 Å². The second kappa shape index (κ2) is 2.79. The number of nitrogens with zero attached hydrogens (tertiary/aromatic N) is 3. The smallest absolute Gasteiger partial charge is 0.178 e. The van der Waals surface area contributed by atoms with Crippen molar-refractivity contribution in [1.82, 2.24) is 14.8 Å². The minimum absolute atomic E-state index is 0.488. The molecule has 0 fully saturated rings. The first-order chi connectivity index (χ1) is 4.74. The largest absolute Gasteiger partial charge is 0.385 e. The number of rotatable bonds is 2. The Morgan fingerprint density at radius 3 is 2.80 bits per heavy atom. The molecule has 10 heavy (non-hydrogen) atoms. The van der Waals surface area contributed by atoms with Crippen LogP contribution in [0.3, 0.4) is 0 Å². The van der Waals surface area contributed by atoms with E-state index in [0.717, 1.165) is 6.54 Å². The first-order valence-corrected chi connectivity index (χ1v) is 3.31. The molecule has 1 N–H and O–H groups in total. The van der Waals surface area contributed by atoms with Gasteiger partial charge in [0.05, 0.1) is 0 Å². The van der Waals surface area contributed by atoms with Crippen LogP contribution >= 0.6 is 0 Å². The third-order valence-electron chi connectivity index (χ3n) is 1.25. The molecule has 0 radical (unpaired) electrons. The van der Waals surface area contributed by atoms with Crippen molar-refractivity contribution >= 4 is 0 Å². The molecule has 1 heterocycles. The van der Waals surface area contributed by atoms with Crippen LogP contribution in [0.15, 0.2) is 6.33 Å². The molecule has 0 aromatic carbocycles. The number of aryl methyl sites for hydroxylation is 1. The molecule has 0 amide bonds. The van der Waals surface area contributed by atoms with Crippen LogP contribution in [0.1, 0.15) is 25.8 Å². The SMILES string of the molecule is CCn1cnc(C(C)O)n1. The van der Waals surface area contributed by atoms with Gasteiger partial charge in [0, 0.05) is 6.54 Å². The summed E-state index contributed by atoms with van der Waals surface area (Å²) in [5.74, 6) is 0.488. The maximum absolute atomic E-state index is 8.99. The third kappa shape index (κ3) is 1.33. The van der Waals surface area contributed by atoms with Crippen molar-refractivity contribution in [2.45, 2.75) is 26.5 Å². The Morgan fingerprint density at radius 1 is 1.80 bits per heavy atom. The van der Waals surface area contributed by atoms with Crippen molar-refractivity contribution in [3.63, 3.8) is 0 Å². The summed E-state index contributed by atoms with van der Waals surface area (Å²) in [7, 11) is 0. The highest BCUT2D eigenvalue weighted by Crippen LogP contribution is 2.02. The fourth-order valence-electron chi connectivity index (χ4n) is 0.653. The van der Waals surface area contributed by atoms with Gasteiger partial charge in [-0.2, -0.15) is 5.10 Å². The lowest BCUT2D eigenvalue weighted by Crippen LogP contribution is -1.98. The number of hydrogen-bond acceptors (Lipinski definition) is 3. The molecule has 0 aliphatic rings. The molecule has 56 valence electrons. The van der Waals surface area contributed by atoms with Crippen molar-refractivity contribution in [3.8, 4) is 0 Å². The van der Waals surface area contributed by atoms with Crippen LogP contribution in [-0.4, -0.2) is 19.9 Å². The molecule has 0 aliphatic heterocycles. The molecule has 0 spiro atoms. The average Bonchev–Trinajstić information content (AvgIpc) is 2.34. The highest BCUT2D eigenvalue weighted by molar-refractivity contribution is 4.84. The lowest BCUT2D eigenvalue weighted by Gasteiger charge is -1.94. The number of aliphatic hydroxyl groups excluding tert-OH is 1. The Bertz CT molecular complexity index is 207. The van der Waals surface area contributed by atoms with E-state index in [1.54, 1.807) is 17.9 Å². The normalized spacial score (nSPS) is 13.5. The van der Waals surface area contributed by atoms with Gasteiger partial charge in [0.25, 0.3) is 0 Å². The molecule has 1 aromatic rings. The topological polar surface area (TPSA) is 50.9 Å². The van der Waals surface area contributed by atoms with Crippen molar-refractivity contribution < 1.29 is 5.11 Å². The molecule has 4 nitrogen and oxygen atoms in total. The molecule has 1 atom stereocenters. The maximum atomic E-state index is 8.99. The summed E-state index contributed by atoms with van der Waals surface area (Å²) in [5, 5.41) is 13.0. The Hall–Kier alpha value is -0.900. The predicted octanol–water partition coefficient (Wildman–Crippen LogP) is 0.351. The fraction of sp³-hybridized carbons (Fsp3) is 0.667. The average molecular weight is 141 g/mol. The van der Waals surface area contributed by atoms with E-state index >= 15 is 0 Å². The summed E-state index contributed by atoms with van der Waals surface area (Å²) in [6.45, 7) is 4.41. The molecule has 0 saturated carbocycles. The van der Waals surface area contributed by atoms with E-state index in [1.807, 2.05) is 6.92 Å². The van der Waals surface area contributed by atoms with Gasteiger partial charge in [-0.1, -0.05) is 0 Å². The summed E-state index contributed by atoms with van der Waals surface area (Å²) < 4.78 is 1.68. The van der Waals surface area contributed by atoms with E-state index in [0.29, 0.717) is 5.82 Å². The standard InChI is InChI=1S/C6H11N3O/c1-3-9-4-7-6(8-9)5(2)10/h4-5,10H,3H2,1-2H3. The van der Waals surface area contributed by atoms with Gasteiger partial charge in [0.15, 0.2) is 5.82 Å². The van der Waals surface area contributed by atoms with Gasteiger partial charge in [-0.3, -0.25) is 4.68 Å². The lowest BCUT2D eigenvalue weighted by molar-refractivity contribution is 0.188. The molecule has 4 heteroatoms. The van der Waals surface area contributed by atoms with Crippen molar-refractivity contribution in [2.75, 3.05) is 0 Å². The van der Waals surface area contributed by atoms with Gasteiger partial charge in [0.1, 0.15) is 12.4 Å². The summed E-state index contributed by atoms with van der Waals surface area (Å²) in [6.07, 6.45) is 1.05. The van der Waals surface area contributed by atoms with Crippen LogP contribution in [0.4, 0.5) is 0 Å². The quantitative estimate of drug-likeness (QED) is 0.646. The van der Waals surface area contributed by atoms with Crippen molar-refractivity contribution in [2.24, 2.45) is 0 Å². The fourth-order valence-corrected chi connectivity index (χ4v) is 0.653. The minimum Gasteiger partial charge on any atom is -0.385 e. The third-order valence-corrected chi connectivity index (χ3v) is 1.25. The summed E-state index contributed by atoms with van der Waals surface area (Å²) >= 11 is 0. The molecule has 0 aliphatic carbocycles. The van der Waals surface area contributed by atoms with Gasteiger partial charge in [-0.05, 0) is 13.8 Å². The van der Waals surface area contributed by atoms with Crippen LogP contribution in [0.2, 0.25) is 0 Å². The number of aliphatic hydroxyl groups is 1. The van der Waals surface area contributed by atoms with Crippen molar-refractivity contribution in [1.29, 1.82) is 0 Å². The zero-order chi connectivity index (χ0) is 7.56. The number of hydrogen-bond donors (Lipinski definition) is 1. The first kappa shape index (κ1) is 7.21. The van der Waals surface area contributed by atoms with E-state index in [-0.39, 0.29) is 0 Å². The second-order valence-corrected chi connectivity index (χ2v) is 2.13. The Morgan fingerprint density at radius 2 is 2.50 bits per heavy atom. The van der Waals surface area contributed by atoms with Gasteiger partial charge in [-0.15, -0.1) is 0 Å². The minimum atomic E-state index is -0.562. The van der Waals surface area contributed by atoms with E-state index in [2.05, 4.69) is 10.1 Å². The predicted molar refractivity (Wildman–Crippen MR) is 36.3 cm³/mol. The molecular weight excluding hydrogens is 130 g/mol. The zero-order valence-electron chi connectivity index (χ0n) is 6.15. The second-order valence-electron chi connectivity index (χ2n) is 2.13. The van der Waals surface area contributed by atoms with E-state index < -0.39 is 6.10 Å². The van der Waals surface area contributed by atoms with Crippen LogP contribution < -0.4 is 0 Å². The molecule has 1 rings (SSSR count). The van der Waals surface area contributed by atoms with Gasteiger partial charge in [-0.25, -0.2) is 4.98 Å². The highest BCUT2D eigenvalue weighted by atomic mass is 16.3. The summed E-state index contributed by atoms with van der Waals surface area (Å²) in [5.41, 5.74) is 0. The monoisotopic (exact) mass is 141 g/mol. The van der Waals surface area contributed by atoms with Crippen LogP contribution in [0.25, 0.3) is 0 Å². The van der Waals surface area contributed by atoms with Crippen LogP contribution in [0.5, 0.6) is 0 Å². The van der Waals surface area contributed by atoms with Gasteiger partial charge in [0.2, 0.25) is 0 Å².